The molecule has 1 N–H and O–H groups in total. The van der Waals surface area contributed by atoms with Crippen molar-refractivity contribution in [1.29, 1.82) is 0 Å². The first kappa shape index (κ1) is 20.3. The van der Waals surface area contributed by atoms with Gasteiger partial charge in [0.25, 0.3) is 5.69 Å². The van der Waals surface area contributed by atoms with E-state index in [1.54, 1.807) is 25.2 Å². The van der Waals surface area contributed by atoms with Crippen LogP contribution < -0.4 is 5.32 Å². The number of nitrogens with zero attached hydrogens (tertiary/aromatic N) is 3. The third-order valence-electron chi connectivity index (χ3n) is 3.87. The van der Waals surface area contributed by atoms with Crippen LogP contribution in [-0.2, 0) is 16.4 Å². The van der Waals surface area contributed by atoms with E-state index in [2.05, 4.69) is 10.3 Å². The molecule has 0 aliphatic carbocycles. The molecule has 0 atom stereocenters. The first-order valence-electron chi connectivity index (χ1n) is 8.23. The van der Waals surface area contributed by atoms with E-state index in [-0.39, 0.29) is 10.6 Å². The van der Waals surface area contributed by atoms with Crippen LogP contribution in [0.4, 0.5) is 11.4 Å². The molecule has 0 unspecified atom stereocenters. The largest absolute Gasteiger partial charge is 0.379 e. The molecule has 0 saturated carbocycles. The Kier molecular flexibility index (Phi) is 6.68. The third-order valence-corrected chi connectivity index (χ3v) is 6.74. The van der Waals surface area contributed by atoms with Crippen molar-refractivity contribution in [2.24, 2.45) is 0 Å². The first-order chi connectivity index (χ1) is 12.3. The molecule has 8 nitrogen and oxygen atoms in total. The van der Waals surface area contributed by atoms with E-state index >= 15 is 0 Å². The maximum atomic E-state index is 12.6. The van der Waals surface area contributed by atoms with Crippen LogP contribution in [0.15, 0.2) is 28.5 Å². The van der Waals surface area contributed by atoms with Crippen LogP contribution >= 0.6 is 11.3 Å². The molecule has 2 rings (SSSR count). The van der Waals surface area contributed by atoms with Crippen molar-refractivity contribution in [2.45, 2.75) is 32.1 Å². The number of hydrogen-bond donors (Lipinski definition) is 1. The highest BCUT2D eigenvalue weighted by molar-refractivity contribution is 7.89. The zero-order valence-electron chi connectivity index (χ0n) is 14.9. The normalized spacial score (nSPS) is 11.7. The second-order valence-electron chi connectivity index (χ2n) is 5.56. The van der Waals surface area contributed by atoms with Crippen LogP contribution in [0.3, 0.4) is 0 Å². The van der Waals surface area contributed by atoms with Crippen molar-refractivity contribution in [3.63, 3.8) is 0 Å². The Morgan fingerprint density at radius 3 is 2.54 bits per heavy atom. The van der Waals surface area contributed by atoms with Crippen LogP contribution in [0.2, 0.25) is 0 Å². The van der Waals surface area contributed by atoms with Gasteiger partial charge in [0.05, 0.1) is 20.5 Å². The summed E-state index contributed by atoms with van der Waals surface area (Å²) in [5, 5.41) is 17.3. The van der Waals surface area contributed by atoms with Gasteiger partial charge in [0.15, 0.2) is 0 Å². The number of benzene rings is 1. The quantitative estimate of drug-likeness (QED) is 0.514. The fourth-order valence-electron chi connectivity index (χ4n) is 2.53. The molecular formula is C16H22N4O4S2. The summed E-state index contributed by atoms with van der Waals surface area (Å²) in [6, 6.07) is 3.96. The molecule has 2 aromatic rings. The van der Waals surface area contributed by atoms with E-state index in [0.29, 0.717) is 31.7 Å². The number of thiazole rings is 1. The van der Waals surface area contributed by atoms with Crippen molar-refractivity contribution >= 4 is 32.7 Å². The van der Waals surface area contributed by atoms with Crippen molar-refractivity contribution in [1.82, 2.24) is 9.29 Å². The molecule has 26 heavy (non-hydrogen) atoms. The van der Waals surface area contributed by atoms with Gasteiger partial charge in [-0.1, -0.05) is 13.8 Å². The summed E-state index contributed by atoms with van der Waals surface area (Å²) in [5.74, 6) is 0. The highest BCUT2D eigenvalue weighted by atomic mass is 32.2. The Hall–Kier alpha value is -2.04. The number of sulfonamides is 1. The predicted octanol–water partition coefficient (Wildman–Crippen LogP) is 3.04. The molecule has 1 aromatic carbocycles. The molecule has 0 bridgehead atoms. The highest BCUT2D eigenvalue weighted by Crippen LogP contribution is 2.29. The van der Waals surface area contributed by atoms with Gasteiger partial charge in [0.1, 0.15) is 5.69 Å². The molecule has 0 radical (unpaired) electrons. The summed E-state index contributed by atoms with van der Waals surface area (Å²) >= 11 is 1.55. The van der Waals surface area contributed by atoms with Gasteiger partial charge in [-0.3, -0.25) is 10.1 Å². The van der Waals surface area contributed by atoms with E-state index in [9.17, 15) is 18.5 Å². The lowest BCUT2D eigenvalue weighted by Gasteiger charge is -2.18. The van der Waals surface area contributed by atoms with Gasteiger partial charge in [-0.25, -0.2) is 13.4 Å². The van der Waals surface area contributed by atoms with Crippen molar-refractivity contribution in [3.8, 4) is 0 Å². The van der Waals surface area contributed by atoms with Crippen LogP contribution in [0.25, 0.3) is 0 Å². The van der Waals surface area contributed by atoms with Gasteiger partial charge in [-0.15, -0.1) is 11.3 Å². The zero-order valence-corrected chi connectivity index (χ0v) is 16.6. The lowest BCUT2D eigenvalue weighted by molar-refractivity contribution is -0.384. The maximum absolute atomic E-state index is 12.6. The van der Waals surface area contributed by atoms with E-state index in [4.69, 9.17) is 0 Å². The summed E-state index contributed by atoms with van der Waals surface area (Å²) in [6.45, 7) is 6.45. The molecule has 0 fully saturated rings. The molecule has 0 amide bonds. The van der Waals surface area contributed by atoms with Gasteiger partial charge in [0, 0.05) is 37.5 Å². The average molecular weight is 399 g/mol. The minimum Gasteiger partial charge on any atom is -0.379 e. The van der Waals surface area contributed by atoms with Crippen LogP contribution in [0, 0.1) is 17.0 Å². The Labute approximate surface area is 157 Å². The second-order valence-corrected chi connectivity index (χ2v) is 8.56. The number of rotatable bonds is 9. The first-order valence-corrected chi connectivity index (χ1v) is 10.5. The summed E-state index contributed by atoms with van der Waals surface area (Å²) < 4.78 is 26.4. The smallest absolute Gasteiger partial charge is 0.293 e. The predicted molar refractivity (Wildman–Crippen MR) is 102 cm³/mol. The number of aromatic nitrogens is 1. The van der Waals surface area contributed by atoms with E-state index < -0.39 is 14.9 Å². The average Bonchev–Trinajstić information content (AvgIpc) is 3.01. The molecule has 0 spiro atoms. The molecule has 0 aliphatic rings. The molecule has 1 aromatic heterocycles. The lowest BCUT2D eigenvalue weighted by Crippen LogP contribution is -2.30. The SMILES string of the molecule is CCN(CC)S(=O)(=O)c1ccc(NCCc2csc(C)n2)c([N+](=O)[O-])c1. The summed E-state index contributed by atoms with van der Waals surface area (Å²) in [5.41, 5.74) is 0.955. The summed E-state index contributed by atoms with van der Waals surface area (Å²) in [4.78, 5) is 15.1. The van der Waals surface area contributed by atoms with Gasteiger partial charge < -0.3 is 5.32 Å². The molecule has 142 valence electrons. The standard InChI is InChI=1S/C16H22N4O4S2/c1-4-19(5-2)26(23,24)14-6-7-15(16(10-14)20(21)22)17-9-8-13-11-25-12(3)18-13/h6-7,10-11,17H,4-5,8-9H2,1-3H3. The molecule has 0 saturated heterocycles. The van der Waals surface area contributed by atoms with E-state index in [0.717, 1.165) is 16.8 Å². The van der Waals surface area contributed by atoms with E-state index in [1.807, 2.05) is 12.3 Å². The van der Waals surface area contributed by atoms with Crippen molar-refractivity contribution in [2.75, 3.05) is 25.0 Å². The number of nitro groups is 1. The summed E-state index contributed by atoms with van der Waals surface area (Å²) in [6.07, 6.45) is 0.626. The van der Waals surface area contributed by atoms with Gasteiger partial charge in [-0.05, 0) is 19.1 Å². The van der Waals surface area contributed by atoms with Crippen molar-refractivity contribution < 1.29 is 13.3 Å². The Balaban J connectivity index is 2.21. The lowest BCUT2D eigenvalue weighted by atomic mass is 10.2. The molecular weight excluding hydrogens is 376 g/mol. The number of nitrogens with one attached hydrogen (secondary N) is 1. The number of nitro benzene ring substituents is 1. The van der Waals surface area contributed by atoms with Gasteiger partial charge in [-0.2, -0.15) is 4.31 Å². The van der Waals surface area contributed by atoms with Gasteiger partial charge in [0.2, 0.25) is 10.0 Å². The number of aryl methyl sites for hydroxylation is 1. The summed E-state index contributed by atoms with van der Waals surface area (Å²) in [7, 11) is -3.74. The van der Waals surface area contributed by atoms with Crippen LogP contribution in [0.5, 0.6) is 0 Å². The van der Waals surface area contributed by atoms with Crippen molar-refractivity contribution in [3.05, 3.63) is 44.4 Å². The number of anilines is 1. The zero-order chi connectivity index (χ0) is 19.3. The van der Waals surface area contributed by atoms with Gasteiger partial charge >= 0.3 is 0 Å². The molecule has 1 heterocycles. The number of hydrogen-bond acceptors (Lipinski definition) is 7. The van der Waals surface area contributed by atoms with Crippen LogP contribution in [0.1, 0.15) is 24.5 Å². The van der Waals surface area contributed by atoms with E-state index in [1.165, 1.54) is 16.4 Å². The molecule has 10 heteroatoms. The minimum atomic E-state index is -3.74. The maximum Gasteiger partial charge on any atom is 0.293 e. The Bertz CT molecular complexity index is 876. The highest BCUT2D eigenvalue weighted by Gasteiger charge is 2.25. The monoisotopic (exact) mass is 398 g/mol. The molecule has 0 aliphatic heterocycles. The third kappa shape index (κ3) is 4.57. The topological polar surface area (TPSA) is 105 Å². The minimum absolute atomic E-state index is 0.0754. The Morgan fingerprint density at radius 1 is 1.31 bits per heavy atom. The fourth-order valence-corrected chi connectivity index (χ4v) is 4.66. The second kappa shape index (κ2) is 8.56. The Morgan fingerprint density at radius 2 is 2.00 bits per heavy atom. The van der Waals surface area contributed by atoms with Crippen LogP contribution in [-0.4, -0.2) is 42.3 Å². The fraction of sp³-hybridized carbons (Fsp3) is 0.438.